The van der Waals surface area contributed by atoms with Gasteiger partial charge in [-0.2, -0.15) is 0 Å². The largest absolute Gasteiger partial charge is 0.495 e. The summed E-state index contributed by atoms with van der Waals surface area (Å²) >= 11 is 18.5. The lowest BCUT2D eigenvalue weighted by molar-refractivity contribution is -0.119. The zero-order valence-corrected chi connectivity index (χ0v) is 16.4. The minimum absolute atomic E-state index is 0.0548. The predicted molar refractivity (Wildman–Crippen MR) is 104 cm³/mol. The molecule has 7 heteroatoms. The second kappa shape index (κ2) is 6.93. The third-order valence-corrected chi connectivity index (χ3v) is 5.99. The van der Waals surface area contributed by atoms with Gasteiger partial charge in [0.1, 0.15) is 11.9 Å². The molecule has 4 nitrogen and oxygen atoms in total. The maximum absolute atomic E-state index is 13.2. The first kappa shape index (κ1) is 17.9. The number of ether oxygens (including phenoxy) is 1. The molecule has 2 aliphatic heterocycles. The molecule has 0 aromatic heterocycles. The van der Waals surface area contributed by atoms with Crippen LogP contribution in [0, 0.1) is 0 Å². The number of anilines is 1. The average Bonchev–Trinajstić information content (AvgIpc) is 3.19. The third-order valence-electron chi connectivity index (χ3n) is 5.02. The standard InChI is InChI=1S/C19H17Cl3N2O2/c1-26-17-7-5-12(20)10-16(17)24-18(11-4-6-13(21)14(22)9-11)23-8-2-3-15(23)19(24)25/h4-7,9-10,15,18H,2-3,8H2,1H3/t15-,18+/m0/s1. The van der Waals surface area contributed by atoms with E-state index in [1.807, 2.05) is 12.1 Å². The fraction of sp³-hybridized carbons (Fsp3) is 0.316. The quantitative estimate of drug-likeness (QED) is 0.699. The Morgan fingerprint density at radius 2 is 1.88 bits per heavy atom. The number of rotatable bonds is 3. The number of hydrogen-bond donors (Lipinski definition) is 0. The van der Waals surface area contributed by atoms with Crippen LogP contribution in [0.3, 0.4) is 0 Å². The van der Waals surface area contributed by atoms with Crippen LogP contribution in [0.2, 0.25) is 15.1 Å². The van der Waals surface area contributed by atoms with Crippen LogP contribution in [0.4, 0.5) is 5.69 Å². The first-order valence-corrected chi connectivity index (χ1v) is 9.52. The first-order valence-electron chi connectivity index (χ1n) is 8.38. The number of carbonyl (C=O) groups is 1. The predicted octanol–water partition coefficient (Wildman–Crippen LogP) is 5.17. The van der Waals surface area contributed by atoms with Gasteiger partial charge in [-0.15, -0.1) is 0 Å². The normalized spacial score (nSPS) is 22.8. The summed E-state index contributed by atoms with van der Waals surface area (Å²) in [5, 5.41) is 1.51. The highest BCUT2D eigenvalue weighted by Gasteiger charge is 2.50. The molecule has 4 rings (SSSR count). The van der Waals surface area contributed by atoms with Crippen molar-refractivity contribution in [1.82, 2.24) is 4.90 Å². The summed E-state index contributed by atoms with van der Waals surface area (Å²) in [6.07, 6.45) is 1.57. The number of amides is 1. The van der Waals surface area contributed by atoms with Crippen molar-refractivity contribution >= 4 is 46.4 Å². The van der Waals surface area contributed by atoms with Crippen LogP contribution in [-0.2, 0) is 4.79 Å². The van der Waals surface area contributed by atoms with E-state index in [1.54, 1.807) is 36.3 Å². The monoisotopic (exact) mass is 410 g/mol. The number of hydrogen-bond acceptors (Lipinski definition) is 3. The van der Waals surface area contributed by atoms with E-state index in [4.69, 9.17) is 39.5 Å². The highest BCUT2D eigenvalue weighted by Crippen LogP contribution is 2.46. The van der Waals surface area contributed by atoms with E-state index in [9.17, 15) is 4.79 Å². The van der Waals surface area contributed by atoms with Gasteiger partial charge in [-0.3, -0.25) is 14.6 Å². The molecule has 2 aromatic carbocycles. The van der Waals surface area contributed by atoms with E-state index < -0.39 is 0 Å². The van der Waals surface area contributed by atoms with Gasteiger partial charge in [0.15, 0.2) is 0 Å². The lowest BCUT2D eigenvalue weighted by atomic mass is 10.1. The average molecular weight is 412 g/mol. The van der Waals surface area contributed by atoms with Crippen LogP contribution in [0.1, 0.15) is 24.6 Å². The molecule has 2 fully saturated rings. The van der Waals surface area contributed by atoms with Crippen molar-refractivity contribution in [3.8, 4) is 5.75 Å². The van der Waals surface area contributed by atoms with Gasteiger partial charge >= 0.3 is 0 Å². The summed E-state index contributed by atoms with van der Waals surface area (Å²) in [6.45, 7) is 0.848. The highest BCUT2D eigenvalue weighted by atomic mass is 35.5. The number of halogens is 3. The Morgan fingerprint density at radius 1 is 1.08 bits per heavy atom. The Kier molecular flexibility index (Phi) is 4.78. The smallest absolute Gasteiger partial charge is 0.246 e. The zero-order chi connectivity index (χ0) is 18.4. The van der Waals surface area contributed by atoms with Crippen molar-refractivity contribution in [3.63, 3.8) is 0 Å². The zero-order valence-electron chi connectivity index (χ0n) is 14.1. The Bertz CT molecular complexity index is 874. The van der Waals surface area contributed by atoms with E-state index in [2.05, 4.69) is 4.90 Å². The lowest BCUT2D eigenvalue weighted by Crippen LogP contribution is -2.32. The van der Waals surface area contributed by atoms with E-state index in [-0.39, 0.29) is 18.1 Å². The maximum Gasteiger partial charge on any atom is 0.246 e. The number of fused-ring (bicyclic) bond motifs is 1. The molecule has 0 aliphatic carbocycles. The molecule has 0 bridgehead atoms. The lowest BCUT2D eigenvalue weighted by Gasteiger charge is -2.31. The topological polar surface area (TPSA) is 32.8 Å². The summed E-state index contributed by atoms with van der Waals surface area (Å²) < 4.78 is 5.49. The fourth-order valence-electron chi connectivity index (χ4n) is 3.89. The van der Waals surface area contributed by atoms with Gasteiger partial charge in [-0.05, 0) is 48.7 Å². The molecule has 2 atom stereocenters. The molecule has 2 saturated heterocycles. The number of nitrogens with zero attached hydrogens (tertiary/aromatic N) is 2. The van der Waals surface area contributed by atoms with Crippen LogP contribution in [-0.4, -0.2) is 30.5 Å². The summed E-state index contributed by atoms with van der Waals surface area (Å²) in [5.41, 5.74) is 1.58. The molecule has 2 aromatic rings. The van der Waals surface area contributed by atoms with Crippen molar-refractivity contribution in [2.45, 2.75) is 25.0 Å². The third kappa shape index (κ3) is 2.85. The summed E-state index contributed by atoms with van der Waals surface area (Å²) in [7, 11) is 1.59. The van der Waals surface area contributed by atoms with Crippen LogP contribution < -0.4 is 9.64 Å². The first-order chi connectivity index (χ1) is 12.5. The molecule has 0 saturated carbocycles. The second-order valence-corrected chi connectivity index (χ2v) is 7.72. The molecule has 0 unspecified atom stereocenters. The van der Waals surface area contributed by atoms with Gasteiger partial charge in [-0.1, -0.05) is 40.9 Å². The van der Waals surface area contributed by atoms with E-state index in [0.29, 0.717) is 26.5 Å². The highest BCUT2D eigenvalue weighted by molar-refractivity contribution is 6.42. The Morgan fingerprint density at radius 3 is 2.62 bits per heavy atom. The van der Waals surface area contributed by atoms with Crippen molar-refractivity contribution in [3.05, 3.63) is 57.0 Å². The van der Waals surface area contributed by atoms with Gasteiger partial charge in [0, 0.05) is 11.6 Å². The van der Waals surface area contributed by atoms with Crippen molar-refractivity contribution in [1.29, 1.82) is 0 Å². The number of benzene rings is 2. The molecule has 26 heavy (non-hydrogen) atoms. The molecule has 2 aliphatic rings. The molecular formula is C19H17Cl3N2O2. The fourth-order valence-corrected chi connectivity index (χ4v) is 4.36. The summed E-state index contributed by atoms with van der Waals surface area (Å²) in [5.74, 6) is 0.660. The van der Waals surface area contributed by atoms with Gasteiger partial charge in [0.05, 0.1) is 28.9 Å². The maximum atomic E-state index is 13.2. The van der Waals surface area contributed by atoms with Crippen LogP contribution in [0.5, 0.6) is 5.75 Å². The minimum atomic E-state index is -0.267. The molecule has 0 N–H and O–H groups in total. The summed E-state index contributed by atoms with van der Waals surface area (Å²) in [4.78, 5) is 17.2. The van der Waals surface area contributed by atoms with E-state index in [1.165, 1.54) is 0 Å². The van der Waals surface area contributed by atoms with Crippen LogP contribution in [0.15, 0.2) is 36.4 Å². The van der Waals surface area contributed by atoms with Gasteiger partial charge in [0.2, 0.25) is 5.91 Å². The van der Waals surface area contributed by atoms with E-state index in [0.717, 1.165) is 24.9 Å². The Balaban J connectivity index is 1.87. The Hall–Kier alpha value is -1.46. The SMILES string of the molecule is COc1ccc(Cl)cc1N1C(=O)[C@@H]2CCCN2[C@H]1c1ccc(Cl)c(Cl)c1. The van der Waals surface area contributed by atoms with Crippen LogP contribution in [0.25, 0.3) is 0 Å². The summed E-state index contributed by atoms with van der Waals surface area (Å²) in [6, 6.07) is 10.7. The van der Waals surface area contributed by atoms with Crippen LogP contribution >= 0.6 is 34.8 Å². The van der Waals surface area contributed by atoms with E-state index >= 15 is 0 Å². The Labute approximate surface area is 167 Å². The molecule has 0 radical (unpaired) electrons. The molecular weight excluding hydrogens is 395 g/mol. The van der Waals surface area contributed by atoms with Gasteiger partial charge < -0.3 is 4.74 Å². The molecule has 0 spiro atoms. The molecule has 2 heterocycles. The van der Waals surface area contributed by atoms with Crippen molar-refractivity contribution in [2.75, 3.05) is 18.6 Å². The van der Waals surface area contributed by atoms with Crippen molar-refractivity contribution in [2.24, 2.45) is 0 Å². The van der Waals surface area contributed by atoms with Gasteiger partial charge in [0.25, 0.3) is 0 Å². The molecule has 136 valence electrons. The number of methoxy groups -OCH3 is 1. The van der Waals surface area contributed by atoms with Gasteiger partial charge in [-0.25, -0.2) is 0 Å². The number of carbonyl (C=O) groups excluding carboxylic acids is 1. The molecule has 1 amide bonds. The van der Waals surface area contributed by atoms with Crippen molar-refractivity contribution < 1.29 is 9.53 Å². The minimum Gasteiger partial charge on any atom is -0.495 e. The second-order valence-electron chi connectivity index (χ2n) is 6.47.